The Morgan fingerprint density at radius 2 is 0.900 bits per heavy atom. The first-order valence-electron chi connectivity index (χ1n) is 23.7. The van der Waals surface area contributed by atoms with Crippen molar-refractivity contribution in [3.63, 3.8) is 0 Å². The highest BCUT2D eigenvalue weighted by Gasteiger charge is 2.28. The second-order valence-corrected chi connectivity index (χ2v) is 18.8. The summed E-state index contributed by atoms with van der Waals surface area (Å²) in [5.41, 5.74) is 15.0. The van der Waals surface area contributed by atoms with E-state index in [2.05, 4.69) is 263 Å². The molecular formula is C66H40BrNO2. The van der Waals surface area contributed by atoms with Crippen LogP contribution in [-0.2, 0) is 0 Å². The average molecular weight is 959 g/mol. The summed E-state index contributed by atoms with van der Waals surface area (Å²) in [6.45, 7) is 0. The molecule has 0 spiro atoms. The molecule has 0 aliphatic carbocycles. The van der Waals surface area contributed by atoms with Gasteiger partial charge >= 0.3 is 0 Å². The van der Waals surface area contributed by atoms with Crippen molar-refractivity contribution < 1.29 is 8.83 Å². The van der Waals surface area contributed by atoms with Crippen molar-refractivity contribution in [2.75, 3.05) is 4.90 Å². The van der Waals surface area contributed by atoms with Gasteiger partial charge in [-0.05, 0) is 119 Å². The second kappa shape index (κ2) is 16.2. The summed E-state index contributed by atoms with van der Waals surface area (Å²) in [5, 5.41) is 11.2. The summed E-state index contributed by atoms with van der Waals surface area (Å²) >= 11 is 4.40. The van der Waals surface area contributed by atoms with Crippen LogP contribution in [-0.4, -0.2) is 0 Å². The summed E-state index contributed by atoms with van der Waals surface area (Å²) in [6.07, 6.45) is 0. The highest BCUT2D eigenvalue weighted by molar-refractivity contribution is 9.10. The number of anilines is 3. The Morgan fingerprint density at radius 1 is 0.314 bits per heavy atom. The number of halogens is 1. The average Bonchev–Trinajstić information content (AvgIpc) is 4.00. The molecule has 0 radical (unpaired) electrons. The molecule has 0 saturated heterocycles. The van der Waals surface area contributed by atoms with Crippen LogP contribution in [0.5, 0.6) is 0 Å². The van der Waals surface area contributed by atoms with E-state index in [1.807, 2.05) is 0 Å². The molecule has 3 nitrogen and oxygen atoms in total. The van der Waals surface area contributed by atoms with E-state index in [1.165, 1.54) is 21.5 Å². The number of rotatable bonds is 7. The highest BCUT2D eigenvalue weighted by Crippen LogP contribution is 2.53. The maximum Gasteiger partial charge on any atom is 0.144 e. The first-order chi connectivity index (χ1) is 34.6. The van der Waals surface area contributed by atoms with E-state index >= 15 is 0 Å². The normalized spacial score (nSPS) is 11.8. The van der Waals surface area contributed by atoms with Crippen LogP contribution < -0.4 is 4.90 Å². The molecule has 70 heavy (non-hydrogen) atoms. The number of nitrogens with zero attached hydrogens (tertiary/aromatic N) is 1. The van der Waals surface area contributed by atoms with E-state index in [-0.39, 0.29) is 0 Å². The standard InChI is InChI=1S/C66H40BrNO2/c67-64-59(68(47-25-13-24-44(37-47)41-17-3-1-4-18-41)58-38-46-22-8-10-27-49(46)50-28-11-12-29-52(50)58)40-57-53-36-35-45(42-19-5-2-6-20-42)39-61(53)70-66(57)63(64)55-32-16-34-60-62(55)56-33-15-31-54(65(56)69-60)51-30-14-23-43-21-7-9-26-48(43)51/h1-40H. The fourth-order valence-corrected chi connectivity index (χ4v) is 11.6. The molecule has 14 aromatic rings. The molecule has 12 aromatic carbocycles. The predicted molar refractivity (Wildman–Crippen MR) is 298 cm³/mol. The Balaban J connectivity index is 1.10. The molecule has 0 aliphatic heterocycles. The minimum atomic E-state index is 0.796. The number of para-hydroxylation sites is 1. The van der Waals surface area contributed by atoms with Gasteiger partial charge in [0.2, 0.25) is 0 Å². The van der Waals surface area contributed by atoms with Gasteiger partial charge in [0.25, 0.3) is 0 Å². The zero-order valence-electron chi connectivity index (χ0n) is 37.7. The molecule has 2 heterocycles. The van der Waals surface area contributed by atoms with Gasteiger partial charge in [-0.2, -0.15) is 0 Å². The van der Waals surface area contributed by atoms with Crippen molar-refractivity contribution in [2.45, 2.75) is 0 Å². The van der Waals surface area contributed by atoms with Crippen LogP contribution in [0, 0.1) is 0 Å². The van der Waals surface area contributed by atoms with Crippen molar-refractivity contribution >= 4 is 109 Å². The summed E-state index contributed by atoms with van der Waals surface area (Å²) in [4.78, 5) is 2.44. The van der Waals surface area contributed by atoms with Crippen LogP contribution in [0.15, 0.2) is 256 Å². The Hall–Kier alpha value is -8.70. The predicted octanol–water partition coefficient (Wildman–Crippen LogP) is 19.8. The topological polar surface area (TPSA) is 29.5 Å². The summed E-state index contributed by atoms with van der Waals surface area (Å²) < 4.78 is 15.2. The monoisotopic (exact) mass is 957 g/mol. The molecule has 0 unspecified atom stereocenters. The number of furan rings is 2. The number of benzene rings is 12. The van der Waals surface area contributed by atoms with Gasteiger partial charge in [0, 0.05) is 43.7 Å². The van der Waals surface area contributed by atoms with E-state index in [0.717, 1.165) is 121 Å². The molecule has 0 amide bonds. The number of fused-ring (bicyclic) bond motifs is 10. The van der Waals surface area contributed by atoms with Crippen LogP contribution in [0.3, 0.4) is 0 Å². The third-order valence-electron chi connectivity index (χ3n) is 14.1. The number of hydrogen-bond donors (Lipinski definition) is 0. The van der Waals surface area contributed by atoms with E-state index in [4.69, 9.17) is 8.83 Å². The summed E-state index contributed by atoms with van der Waals surface area (Å²) in [7, 11) is 0. The molecule has 0 fully saturated rings. The minimum absolute atomic E-state index is 0.796. The van der Waals surface area contributed by atoms with Gasteiger partial charge in [-0.15, -0.1) is 0 Å². The van der Waals surface area contributed by atoms with E-state index in [0.29, 0.717) is 0 Å². The first-order valence-corrected chi connectivity index (χ1v) is 24.5. The molecule has 0 N–H and O–H groups in total. The lowest BCUT2D eigenvalue weighted by Crippen LogP contribution is -2.12. The SMILES string of the molecule is Brc1c(N(c2cccc(-c3ccccc3)c2)c2cc3ccccc3c3ccccc23)cc2c(oc3cc(-c4ccccc4)ccc32)c1-c1cccc2oc3c(-c4cccc5ccccc45)cccc3c12. The molecular weight excluding hydrogens is 919 g/mol. The quantitative estimate of drug-likeness (QED) is 0.149. The van der Waals surface area contributed by atoms with Crippen LogP contribution in [0.25, 0.3) is 121 Å². The van der Waals surface area contributed by atoms with Crippen LogP contribution in [0.2, 0.25) is 0 Å². The van der Waals surface area contributed by atoms with Gasteiger partial charge in [-0.25, -0.2) is 0 Å². The van der Waals surface area contributed by atoms with Crippen LogP contribution >= 0.6 is 15.9 Å². The molecule has 0 aliphatic rings. The number of hydrogen-bond acceptors (Lipinski definition) is 3. The van der Waals surface area contributed by atoms with Crippen molar-refractivity contribution in [3.8, 4) is 44.5 Å². The fourth-order valence-electron chi connectivity index (χ4n) is 10.9. The van der Waals surface area contributed by atoms with Crippen molar-refractivity contribution in [3.05, 3.63) is 247 Å². The summed E-state index contributed by atoms with van der Waals surface area (Å²) in [5.74, 6) is 0. The molecule has 0 atom stereocenters. The zero-order chi connectivity index (χ0) is 46.3. The Bertz CT molecular complexity index is 4370. The van der Waals surface area contributed by atoms with E-state index in [9.17, 15) is 0 Å². The molecule has 0 bridgehead atoms. The van der Waals surface area contributed by atoms with Crippen molar-refractivity contribution in [1.82, 2.24) is 0 Å². The molecule has 2 aromatic heterocycles. The Morgan fingerprint density at radius 3 is 1.71 bits per heavy atom. The minimum Gasteiger partial charge on any atom is -0.455 e. The van der Waals surface area contributed by atoms with Gasteiger partial charge in [-0.3, -0.25) is 0 Å². The van der Waals surface area contributed by atoms with Crippen molar-refractivity contribution in [1.29, 1.82) is 0 Å². The van der Waals surface area contributed by atoms with Crippen LogP contribution in [0.4, 0.5) is 17.1 Å². The lowest BCUT2D eigenvalue weighted by atomic mass is 9.93. The van der Waals surface area contributed by atoms with E-state index < -0.39 is 0 Å². The maximum absolute atomic E-state index is 7.23. The Kier molecular flexibility index (Phi) is 9.36. The molecule has 4 heteroatoms. The third-order valence-corrected chi connectivity index (χ3v) is 14.9. The molecule has 0 saturated carbocycles. The largest absolute Gasteiger partial charge is 0.455 e. The van der Waals surface area contributed by atoms with Gasteiger partial charge in [0.1, 0.15) is 22.3 Å². The first kappa shape index (κ1) is 40.4. The molecule has 328 valence electrons. The van der Waals surface area contributed by atoms with Crippen LogP contribution in [0.1, 0.15) is 0 Å². The Labute approximate surface area is 412 Å². The highest BCUT2D eigenvalue weighted by atomic mass is 79.9. The van der Waals surface area contributed by atoms with E-state index in [1.54, 1.807) is 0 Å². The fraction of sp³-hybridized carbons (Fsp3) is 0. The lowest BCUT2D eigenvalue weighted by molar-refractivity contribution is 0.669. The lowest BCUT2D eigenvalue weighted by Gasteiger charge is -2.30. The van der Waals surface area contributed by atoms with Crippen molar-refractivity contribution in [2.24, 2.45) is 0 Å². The second-order valence-electron chi connectivity index (χ2n) is 18.0. The van der Waals surface area contributed by atoms with Gasteiger partial charge in [0.05, 0.1) is 15.8 Å². The van der Waals surface area contributed by atoms with Gasteiger partial charge in [0.15, 0.2) is 0 Å². The molecule has 14 rings (SSSR count). The third kappa shape index (κ3) is 6.41. The van der Waals surface area contributed by atoms with Gasteiger partial charge < -0.3 is 13.7 Å². The smallest absolute Gasteiger partial charge is 0.144 e. The maximum atomic E-state index is 7.23. The summed E-state index contributed by atoms with van der Waals surface area (Å²) in [6, 6.07) is 86.9. The zero-order valence-corrected chi connectivity index (χ0v) is 39.3. The van der Waals surface area contributed by atoms with Gasteiger partial charge in [-0.1, -0.05) is 200 Å².